The van der Waals surface area contributed by atoms with Gasteiger partial charge in [0.15, 0.2) is 6.61 Å². The number of carbonyl (C=O) groups is 2. The third kappa shape index (κ3) is 5.90. The monoisotopic (exact) mass is 498 g/mol. The SMILES string of the molecule is O=C(COc1ccc(Cl)cc1)NN=Cc1cccc(OC(=O)c2sc3ccccc3c2Cl)c1. The van der Waals surface area contributed by atoms with Crippen LogP contribution in [0.15, 0.2) is 77.9 Å². The van der Waals surface area contributed by atoms with Crippen molar-refractivity contribution in [2.24, 2.45) is 5.10 Å². The molecule has 0 aliphatic heterocycles. The lowest BCUT2D eigenvalue weighted by Gasteiger charge is -2.05. The Labute approximate surface area is 203 Å². The summed E-state index contributed by atoms with van der Waals surface area (Å²) in [4.78, 5) is 24.8. The van der Waals surface area contributed by atoms with Gasteiger partial charge in [-0.05, 0) is 48.0 Å². The Balaban J connectivity index is 1.33. The van der Waals surface area contributed by atoms with E-state index in [4.69, 9.17) is 32.7 Å². The summed E-state index contributed by atoms with van der Waals surface area (Å²) in [7, 11) is 0. The lowest BCUT2D eigenvalue weighted by Crippen LogP contribution is -2.24. The van der Waals surface area contributed by atoms with Gasteiger partial charge in [-0.1, -0.05) is 53.5 Å². The van der Waals surface area contributed by atoms with Crippen molar-refractivity contribution in [3.63, 3.8) is 0 Å². The quantitative estimate of drug-likeness (QED) is 0.147. The third-order valence-electron chi connectivity index (χ3n) is 4.38. The van der Waals surface area contributed by atoms with Crippen molar-refractivity contribution < 1.29 is 19.1 Å². The summed E-state index contributed by atoms with van der Waals surface area (Å²) in [6.07, 6.45) is 1.43. The first-order valence-electron chi connectivity index (χ1n) is 9.69. The zero-order valence-corrected chi connectivity index (χ0v) is 19.3. The summed E-state index contributed by atoms with van der Waals surface area (Å²) >= 11 is 13.4. The molecule has 0 unspecified atom stereocenters. The first kappa shape index (κ1) is 22.8. The van der Waals surface area contributed by atoms with E-state index in [0.29, 0.717) is 32.0 Å². The summed E-state index contributed by atoms with van der Waals surface area (Å²) < 4.78 is 11.7. The van der Waals surface area contributed by atoms with E-state index in [9.17, 15) is 9.59 Å². The molecule has 1 heterocycles. The van der Waals surface area contributed by atoms with E-state index in [1.165, 1.54) is 17.6 Å². The molecule has 0 saturated carbocycles. The topological polar surface area (TPSA) is 77.0 Å². The van der Waals surface area contributed by atoms with Gasteiger partial charge in [-0.2, -0.15) is 5.10 Å². The number of rotatable bonds is 7. The van der Waals surface area contributed by atoms with Crippen molar-refractivity contribution in [2.45, 2.75) is 0 Å². The molecule has 0 fully saturated rings. The van der Waals surface area contributed by atoms with Crippen molar-refractivity contribution in [1.82, 2.24) is 5.43 Å². The van der Waals surface area contributed by atoms with Gasteiger partial charge in [-0.25, -0.2) is 10.2 Å². The van der Waals surface area contributed by atoms with Gasteiger partial charge in [-0.3, -0.25) is 4.79 Å². The molecule has 0 radical (unpaired) electrons. The standard InChI is InChI=1S/C24H16Cl2N2O4S/c25-16-8-10-17(11-9-16)31-14-21(29)28-27-13-15-4-3-5-18(12-15)32-24(30)23-22(26)19-6-1-2-7-20(19)33-23/h1-13H,14H2,(H,28,29). The van der Waals surface area contributed by atoms with Crippen molar-refractivity contribution >= 4 is 62.7 Å². The average Bonchev–Trinajstić information content (AvgIpc) is 3.16. The highest BCUT2D eigenvalue weighted by atomic mass is 35.5. The van der Waals surface area contributed by atoms with E-state index >= 15 is 0 Å². The molecular formula is C24H16Cl2N2O4S. The number of carbonyl (C=O) groups excluding carboxylic acids is 2. The van der Waals surface area contributed by atoms with Gasteiger partial charge in [0, 0.05) is 15.1 Å². The second-order valence-electron chi connectivity index (χ2n) is 6.74. The highest BCUT2D eigenvalue weighted by molar-refractivity contribution is 7.21. The number of amides is 1. The number of fused-ring (bicyclic) bond motifs is 1. The molecule has 0 aliphatic rings. The molecule has 1 N–H and O–H groups in total. The highest BCUT2D eigenvalue weighted by Crippen LogP contribution is 2.35. The molecule has 6 nitrogen and oxygen atoms in total. The number of benzene rings is 3. The number of thiophene rings is 1. The molecule has 0 saturated heterocycles. The fraction of sp³-hybridized carbons (Fsp3) is 0.0417. The molecular weight excluding hydrogens is 483 g/mol. The van der Waals surface area contributed by atoms with Gasteiger partial charge in [0.05, 0.1) is 11.2 Å². The van der Waals surface area contributed by atoms with Gasteiger partial charge in [-0.15, -0.1) is 11.3 Å². The van der Waals surface area contributed by atoms with Crippen molar-refractivity contribution in [1.29, 1.82) is 0 Å². The first-order chi connectivity index (χ1) is 16.0. The average molecular weight is 499 g/mol. The van der Waals surface area contributed by atoms with Gasteiger partial charge >= 0.3 is 5.97 Å². The predicted molar refractivity (Wildman–Crippen MR) is 131 cm³/mol. The van der Waals surface area contributed by atoms with Gasteiger partial charge in [0.1, 0.15) is 16.4 Å². The van der Waals surface area contributed by atoms with Crippen LogP contribution in [0.25, 0.3) is 10.1 Å². The van der Waals surface area contributed by atoms with Crippen LogP contribution < -0.4 is 14.9 Å². The van der Waals surface area contributed by atoms with Crippen molar-refractivity contribution in [3.8, 4) is 11.5 Å². The van der Waals surface area contributed by atoms with Crippen LogP contribution in [0.1, 0.15) is 15.2 Å². The highest BCUT2D eigenvalue weighted by Gasteiger charge is 2.19. The zero-order valence-electron chi connectivity index (χ0n) is 17.0. The number of hydrogen-bond donors (Lipinski definition) is 1. The number of hydrazone groups is 1. The fourth-order valence-electron chi connectivity index (χ4n) is 2.85. The van der Waals surface area contributed by atoms with E-state index in [1.807, 2.05) is 24.3 Å². The van der Waals surface area contributed by atoms with E-state index in [-0.39, 0.29) is 6.61 Å². The molecule has 0 aliphatic carbocycles. The minimum absolute atomic E-state index is 0.202. The van der Waals surface area contributed by atoms with Crippen molar-refractivity contribution in [2.75, 3.05) is 6.61 Å². The number of esters is 1. The Morgan fingerprint density at radius 3 is 2.55 bits per heavy atom. The molecule has 33 heavy (non-hydrogen) atoms. The summed E-state index contributed by atoms with van der Waals surface area (Å²) in [5, 5.41) is 5.67. The van der Waals surface area contributed by atoms with Gasteiger partial charge in [0.2, 0.25) is 0 Å². The third-order valence-corrected chi connectivity index (χ3v) is 6.28. The summed E-state index contributed by atoms with van der Waals surface area (Å²) in [5.41, 5.74) is 3.00. The van der Waals surface area contributed by atoms with Crippen LogP contribution in [0.5, 0.6) is 11.5 Å². The number of nitrogens with zero attached hydrogens (tertiary/aromatic N) is 1. The van der Waals surface area contributed by atoms with Crippen LogP contribution in [0.3, 0.4) is 0 Å². The van der Waals surface area contributed by atoms with Crippen LogP contribution in [0, 0.1) is 0 Å². The van der Waals surface area contributed by atoms with Crippen molar-refractivity contribution in [3.05, 3.63) is 93.3 Å². The molecule has 166 valence electrons. The molecule has 9 heteroatoms. The largest absolute Gasteiger partial charge is 0.484 e. The maximum absolute atomic E-state index is 12.6. The lowest BCUT2D eigenvalue weighted by atomic mass is 10.2. The molecule has 3 aromatic carbocycles. The minimum atomic E-state index is -0.539. The molecule has 0 bridgehead atoms. The maximum atomic E-state index is 12.6. The van der Waals surface area contributed by atoms with E-state index in [1.54, 1.807) is 48.5 Å². The Hall–Kier alpha value is -3.39. The first-order valence-corrected chi connectivity index (χ1v) is 11.3. The van der Waals surface area contributed by atoms with Crippen LogP contribution in [0.4, 0.5) is 0 Å². The maximum Gasteiger partial charge on any atom is 0.355 e. The summed E-state index contributed by atoms with van der Waals surface area (Å²) in [6, 6.07) is 20.9. The predicted octanol–water partition coefficient (Wildman–Crippen LogP) is 5.96. The smallest absolute Gasteiger partial charge is 0.355 e. The Morgan fingerprint density at radius 1 is 0.970 bits per heavy atom. The van der Waals surface area contributed by atoms with Crippen LogP contribution >= 0.6 is 34.5 Å². The molecule has 4 rings (SSSR count). The van der Waals surface area contributed by atoms with E-state index in [2.05, 4.69) is 10.5 Å². The second kappa shape index (κ2) is 10.5. The number of hydrogen-bond acceptors (Lipinski definition) is 6. The molecule has 0 spiro atoms. The lowest BCUT2D eigenvalue weighted by molar-refractivity contribution is -0.123. The van der Waals surface area contributed by atoms with Crippen LogP contribution in [-0.2, 0) is 4.79 Å². The number of ether oxygens (including phenoxy) is 2. The molecule has 0 atom stereocenters. The van der Waals surface area contributed by atoms with Gasteiger partial charge < -0.3 is 9.47 Å². The zero-order chi connectivity index (χ0) is 23.2. The number of halogens is 2. The molecule has 4 aromatic rings. The summed E-state index contributed by atoms with van der Waals surface area (Å²) in [6.45, 7) is -0.202. The molecule has 1 aromatic heterocycles. The van der Waals surface area contributed by atoms with E-state index < -0.39 is 11.9 Å². The Bertz CT molecular complexity index is 1340. The van der Waals surface area contributed by atoms with E-state index in [0.717, 1.165) is 10.1 Å². The van der Waals surface area contributed by atoms with Crippen LogP contribution in [0.2, 0.25) is 10.0 Å². The van der Waals surface area contributed by atoms with Gasteiger partial charge in [0.25, 0.3) is 5.91 Å². The fourth-order valence-corrected chi connectivity index (χ4v) is 4.36. The minimum Gasteiger partial charge on any atom is -0.484 e. The van der Waals surface area contributed by atoms with Crippen LogP contribution in [-0.4, -0.2) is 24.7 Å². The Morgan fingerprint density at radius 2 is 1.76 bits per heavy atom. The Kier molecular flexibility index (Phi) is 7.24. The second-order valence-corrected chi connectivity index (χ2v) is 8.61. The number of nitrogens with one attached hydrogen (secondary N) is 1. The summed E-state index contributed by atoms with van der Waals surface area (Å²) in [5.74, 6) is -0.118. The normalized spacial score (nSPS) is 11.0. The molecule has 1 amide bonds.